The van der Waals surface area contributed by atoms with Crippen molar-refractivity contribution < 1.29 is 14.3 Å². The van der Waals surface area contributed by atoms with Gasteiger partial charge in [0.25, 0.3) is 0 Å². The lowest BCUT2D eigenvalue weighted by atomic mass is 9.95. The highest BCUT2D eigenvalue weighted by Gasteiger charge is 2.22. The summed E-state index contributed by atoms with van der Waals surface area (Å²) in [4.78, 5) is 14.4. The Morgan fingerprint density at radius 2 is 1.78 bits per heavy atom. The minimum absolute atomic E-state index is 0.0929. The Labute approximate surface area is 161 Å². The molecule has 0 fully saturated rings. The predicted molar refractivity (Wildman–Crippen MR) is 106 cm³/mol. The molecule has 1 atom stereocenters. The fraction of sp³-hybridized carbons (Fsp3) is 0.409. The molecule has 0 saturated heterocycles. The van der Waals surface area contributed by atoms with Crippen molar-refractivity contribution >= 4 is 6.03 Å². The van der Waals surface area contributed by atoms with Gasteiger partial charge in [0.1, 0.15) is 0 Å². The van der Waals surface area contributed by atoms with E-state index in [1.165, 1.54) is 0 Å². The van der Waals surface area contributed by atoms with Crippen molar-refractivity contribution in [2.75, 3.05) is 20.3 Å². The molecule has 0 saturated carbocycles. The second kappa shape index (κ2) is 8.80. The molecule has 0 spiro atoms. The van der Waals surface area contributed by atoms with Crippen LogP contribution in [0.15, 0.2) is 48.5 Å². The molecule has 2 amide bonds. The van der Waals surface area contributed by atoms with Gasteiger partial charge in [-0.15, -0.1) is 0 Å². The van der Waals surface area contributed by atoms with Crippen LogP contribution in [0.4, 0.5) is 4.79 Å². The van der Waals surface area contributed by atoms with Gasteiger partial charge in [-0.25, -0.2) is 4.79 Å². The normalized spacial score (nSPS) is 14.4. The molecule has 5 heteroatoms. The summed E-state index contributed by atoms with van der Waals surface area (Å²) in [5.74, 6) is 1.76. The monoisotopic (exact) mass is 368 g/mol. The lowest BCUT2D eigenvalue weighted by Crippen LogP contribution is -2.40. The third-order valence-corrected chi connectivity index (χ3v) is 4.69. The number of urea groups is 1. The van der Waals surface area contributed by atoms with Gasteiger partial charge in [0.15, 0.2) is 11.5 Å². The molecule has 1 heterocycles. The van der Waals surface area contributed by atoms with Crippen molar-refractivity contribution in [3.63, 3.8) is 0 Å². The Morgan fingerprint density at radius 3 is 2.48 bits per heavy atom. The molecule has 0 bridgehead atoms. The van der Waals surface area contributed by atoms with E-state index < -0.39 is 0 Å². The fourth-order valence-electron chi connectivity index (χ4n) is 3.18. The van der Waals surface area contributed by atoms with Crippen LogP contribution in [0.2, 0.25) is 0 Å². The number of fused-ring (bicyclic) bond motifs is 1. The van der Waals surface area contributed by atoms with Gasteiger partial charge in [-0.1, -0.05) is 50.2 Å². The highest BCUT2D eigenvalue weighted by atomic mass is 16.5. The second-order valence-corrected chi connectivity index (χ2v) is 7.27. The van der Waals surface area contributed by atoms with Gasteiger partial charge in [0.05, 0.1) is 19.3 Å². The Hall–Kier alpha value is -2.69. The van der Waals surface area contributed by atoms with Crippen LogP contribution in [0.25, 0.3) is 0 Å². The van der Waals surface area contributed by atoms with Crippen LogP contribution < -0.4 is 14.8 Å². The average molecular weight is 368 g/mol. The quantitative estimate of drug-likeness (QED) is 0.852. The lowest BCUT2D eigenvalue weighted by Gasteiger charge is -2.27. The van der Waals surface area contributed by atoms with Gasteiger partial charge >= 0.3 is 6.03 Å². The van der Waals surface area contributed by atoms with E-state index >= 15 is 0 Å². The van der Waals surface area contributed by atoms with E-state index in [9.17, 15) is 4.79 Å². The summed E-state index contributed by atoms with van der Waals surface area (Å²) in [5.41, 5.74) is 2.13. The maximum atomic E-state index is 12.7. The van der Waals surface area contributed by atoms with E-state index in [1.54, 1.807) is 4.90 Å². The standard InChI is InChI=1S/C22H28N2O3/c1-16(2)21(18-10-11-19-20(14-18)27-13-7-12-26-19)23-22(25)24(3)15-17-8-5-4-6-9-17/h4-6,8-11,14,16,21H,7,12-13,15H2,1-3H3,(H,23,25). The number of carbonyl (C=O) groups excluding carboxylic acids is 1. The number of nitrogens with one attached hydrogen (secondary N) is 1. The summed E-state index contributed by atoms with van der Waals surface area (Å²) in [6.45, 7) is 6.09. The van der Waals surface area contributed by atoms with Gasteiger partial charge < -0.3 is 19.7 Å². The molecule has 0 radical (unpaired) electrons. The first kappa shape index (κ1) is 19.1. The lowest BCUT2D eigenvalue weighted by molar-refractivity contribution is 0.198. The van der Waals surface area contributed by atoms with Crippen LogP contribution in [0.3, 0.4) is 0 Å². The number of hydrogen-bond acceptors (Lipinski definition) is 3. The highest BCUT2D eigenvalue weighted by molar-refractivity contribution is 5.74. The van der Waals surface area contributed by atoms with Crippen molar-refractivity contribution in [2.45, 2.75) is 32.9 Å². The van der Waals surface area contributed by atoms with Crippen molar-refractivity contribution in [2.24, 2.45) is 5.92 Å². The minimum atomic E-state index is -0.104. The Balaban J connectivity index is 1.72. The smallest absolute Gasteiger partial charge is 0.317 e. The van der Waals surface area contributed by atoms with Gasteiger partial charge in [-0.3, -0.25) is 0 Å². The Kier molecular flexibility index (Phi) is 6.22. The third kappa shape index (κ3) is 4.94. The van der Waals surface area contributed by atoms with E-state index in [1.807, 2.05) is 55.6 Å². The van der Waals surface area contributed by atoms with Gasteiger partial charge in [-0.05, 0) is 29.2 Å². The first-order chi connectivity index (χ1) is 13.0. The van der Waals surface area contributed by atoms with Crippen LogP contribution >= 0.6 is 0 Å². The molecule has 1 unspecified atom stereocenters. The topological polar surface area (TPSA) is 50.8 Å². The van der Waals surface area contributed by atoms with Crippen LogP contribution in [0.1, 0.15) is 37.4 Å². The molecule has 1 aliphatic rings. The first-order valence-corrected chi connectivity index (χ1v) is 9.49. The summed E-state index contributed by atoms with van der Waals surface area (Å²) in [6.07, 6.45) is 0.874. The third-order valence-electron chi connectivity index (χ3n) is 4.69. The number of benzene rings is 2. The number of rotatable bonds is 5. The number of ether oxygens (including phenoxy) is 2. The Morgan fingerprint density at radius 1 is 1.07 bits per heavy atom. The molecule has 5 nitrogen and oxygen atoms in total. The number of carbonyl (C=O) groups is 1. The molecular weight excluding hydrogens is 340 g/mol. The van der Waals surface area contributed by atoms with E-state index in [0.29, 0.717) is 19.8 Å². The van der Waals surface area contributed by atoms with Crippen LogP contribution in [-0.4, -0.2) is 31.2 Å². The molecule has 0 aliphatic carbocycles. The van der Waals surface area contributed by atoms with Crippen LogP contribution in [0.5, 0.6) is 11.5 Å². The summed E-state index contributed by atoms with van der Waals surface area (Å²) < 4.78 is 11.5. The molecule has 27 heavy (non-hydrogen) atoms. The molecule has 1 N–H and O–H groups in total. The van der Waals surface area contributed by atoms with E-state index in [0.717, 1.165) is 29.0 Å². The number of nitrogens with zero attached hydrogens (tertiary/aromatic N) is 1. The van der Waals surface area contributed by atoms with Gasteiger partial charge in [-0.2, -0.15) is 0 Å². The zero-order valence-corrected chi connectivity index (χ0v) is 16.3. The molecule has 2 aromatic rings. The van der Waals surface area contributed by atoms with Gasteiger partial charge in [0, 0.05) is 20.0 Å². The average Bonchev–Trinajstić information content (AvgIpc) is 2.91. The van der Waals surface area contributed by atoms with Crippen molar-refractivity contribution in [3.05, 3.63) is 59.7 Å². The molecule has 0 aromatic heterocycles. The van der Waals surface area contributed by atoms with Gasteiger partial charge in [0.2, 0.25) is 0 Å². The molecule has 144 valence electrons. The minimum Gasteiger partial charge on any atom is -0.490 e. The molecule has 3 rings (SSSR count). The van der Waals surface area contributed by atoms with Crippen molar-refractivity contribution in [1.82, 2.24) is 10.2 Å². The van der Waals surface area contributed by atoms with E-state index in [-0.39, 0.29) is 18.0 Å². The number of amides is 2. The number of hydrogen-bond donors (Lipinski definition) is 1. The molecule has 2 aromatic carbocycles. The SMILES string of the molecule is CC(C)C(NC(=O)N(C)Cc1ccccc1)c1ccc2c(c1)OCCCO2. The highest BCUT2D eigenvalue weighted by Crippen LogP contribution is 2.34. The maximum Gasteiger partial charge on any atom is 0.317 e. The summed E-state index contributed by atoms with van der Waals surface area (Å²) in [7, 11) is 1.81. The molecular formula is C22H28N2O3. The van der Waals surface area contributed by atoms with E-state index in [2.05, 4.69) is 19.2 Å². The zero-order chi connectivity index (χ0) is 19.2. The van der Waals surface area contributed by atoms with E-state index in [4.69, 9.17) is 9.47 Å². The summed E-state index contributed by atoms with van der Waals surface area (Å²) in [6, 6.07) is 15.7. The second-order valence-electron chi connectivity index (χ2n) is 7.27. The summed E-state index contributed by atoms with van der Waals surface area (Å²) in [5, 5.41) is 3.17. The van der Waals surface area contributed by atoms with Crippen molar-refractivity contribution in [1.29, 1.82) is 0 Å². The predicted octanol–water partition coefficient (Wildman–Crippen LogP) is 4.39. The summed E-state index contributed by atoms with van der Waals surface area (Å²) >= 11 is 0. The largest absolute Gasteiger partial charge is 0.490 e. The zero-order valence-electron chi connectivity index (χ0n) is 16.3. The first-order valence-electron chi connectivity index (χ1n) is 9.49. The maximum absolute atomic E-state index is 12.7. The molecule has 1 aliphatic heterocycles. The van der Waals surface area contributed by atoms with Crippen LogP contribution in [0, 0.1) is 5.92 Å². The fourth-order valence-corrected chi connectivity index (χ4v) is 3.18. The Bertz CT molecular complexity index is 761. The van der Waals surface area contributed by atoms with Crippen molar-refractivity contribution in [3.8, 4) is 11.5 Å². The van der Waals surface area contributed by atoms with Crippen LogP contribution in [-0.2, 0) is 6.54 Å².